The van der Waals surface area contributed by atoms with E-state index >= 15 is 0 Å². The van der Waals surface area contributed by atoms with E-state index < -0.39 is 0 Å². The van der Waals surface area contributed by atoms with Gasteiger partial charge in [-0.05, 0) is 30.3 Å². The van der Waals surface area contributed by atoms with E-state index in [-0.39, 0.29) is 5.41 Å². The fourth-order valence-electron chi connectivity index (χ4n) is 2.70. The maximum absolute atomic E-state index is 5.17. The summed E-state index contributed by atoms with van der Waals surface area (Å²) in [6.45, 7) is 2.04. The molecule has 2 heteroatoms. The first-order chi connectivity index (χ1) is 7.80. The molecule has 2 heterocycles. The Balaban J connectivity index is 2.16. The van der Waals surface area contributed by atoms with Crippen molar-refractivity contribution >= 4 is 0 Å². The first kappa shape index (κ1) is 9.67. The number of hydrogen-bond acceptors (Lipinski definition) is 2. The molecule has 2 aliphatic rings. The minimum atomic E-state index is 0.00183. The van der Waals surface area contributed by atoms with Crippen molar-refractivity contribution in [1.82, 2.24) is 4.90 Å². The number of nitrogens with zero attached hydrogens (tertiary/aromatic N) is 1. The Morgan fingerprint density at radius 2 is 1.94 bits per heavy atom. The van der Waals surface area contributed by atoms with Crippen molar-refractivity contribution in [2.24, 2.45) is 0 Å². The molecule has 1 spiro atoms. The van der Waals surface area contributed by atoms with E-state index in [9.17, 15) is 0 Å². The van der Waals surface area contributed by atoms with Crippen LogP contribution in [0.1, 0.15) is 11.1 Å². The Kier molecular flexibility index (Phi) is 2.11. The largest absolute Gasteiger partial charge is 0.473 e. The lowest BCUT2D eigenvalue weighted by Crippen LogP contribution is -2.42. The maximum Gasteiger partial charge on any atom is 0.0873 e. The van der Waals surface area contributed by atoms with Crippen LogP contribution in [0.4, 0.5) is 0 Å². The maximum atomic E-state index is 5.17. The standard InChI is InChI=1S/C14H15NO/c1-15-10-12-4-2-3-5-13(12)14(11-15)6-8-16-9-7-14/h2-9H,10-11H2,1H3. The summed E-state index contributed by atoms with van der Waals surface area (Å²) in [5, 5.41) is 0. The predicted molar refractivity (Wildman–Crippen MR) is 63.8 cm³/mol. The highest BCUT2D eigenvalue weighted by Crippen LogP contribution is 2.37. The minimum absolute atomic E-state index is 0.00183. The van der Waals surface area contributed by atoms with Crippen molar-refractivity contribution in [3.63, 3.8) is 0 Å². The zero-order chi connectivity index (χ0) is 11.0. The average Bonchev–Trinajstić information content (AvgIpc) is 2.30. The summed E-state index contributed by atoms with van der Waals surface area (Å²) in [5.74, 6) is 0. The van der Waals surface area contributed by atoms with Crippen molar-refractivity contribution in [2.45, 2.75) is 12.0 Å². The molecule has 0 atom stereocenters. The Labute approximate surface area is 95.8 Å². The zero-order valence-electron chi connectivity index (χ0n) is 9.39. The third-order valence-corrected chi connectivity index (χ3v) is 3.38. The lowest BCUT2D eigenvalue weighted by molar-refractivity contribution is 0.255. The van der Waals surface area contributed by atoms with E-state index in [0.29, 0.717) is 0 Å². The normalized spacial score (nSPS) is 21.8. The molecule has 0 unspecified atom stereocenters. The molecule has 0 aliphatic carbocycles. The van der Waals surface area contributed by atoms with E-state index in [2.05, 4.69) is 48.4 Å². The van der Waals surface area contributed by atoms with Gasteiger partial charge in [0.2, 0.25) is 0 Å². The topological polar surface area (TPSA) is 12.5 Å². The molecule has 0 N–H and O–H groups in total. The minimum Gasteiger partial charge on any atom is -0.473 e. The highest BCUT2D eigenvalue weighted by atomic mass is 16.5. The van der Waals surface area contributed by atoms with Gasteiger partial charge in [-0.3, -0.25) is 0 Å². The molecule has 3 rings (SSSR count). The van der Waals surface area contributed by atoms with Crippen LogP contribution < -0.4 is 0 Å². The van der Waals surface area contributed by atoms with Gasteiger partial charge in [-0.15, -0.1) is 0 Å². The number of likely N-dealkylation sites (N-methyl/N-ethyl adjacent to an activating group) is 1. The van der Waals surface area contributed by atoms with Crippen LogP contribution in [0, 0.1) is 0 Å². The van der Waals surface area contributed by atoms with Crippen LogP contribution in [0.2, 0.25) is 0 Å². The van der Waals surface area contributed by atoms with Crippen LogP contribution in [0.25, 0.3) is 0 Å². The Morgan fingerprint density at radius 3 is 2.75 bits per heavy atom. The number of rotatable bonds is 0. The summed E-state index contributed by atoms with van der Waals surface area (Å²) >= 11 is 0. The average molecular weight is 213 g/mol. The van der Waals surface area contributed by atoms with Crippen LogP contribution in [-0.2, 0) is 16.7 Å². The second kappa shape index (κ2) is 3.49. The number of benzene rings is 1. The summed E-state index contributed by atoms with van der Waals surface area (Å²) in [4.78, 5) is 2.35. The van der Waals surface area contributed by atoms with Gasteiger partial charge >= 0.3 is 0 Å². The number of hydrogen-bond donors (Lipinski definition) is 0. The monoisotopic (exact) mass is 213 g/mol. The first-order valence-electron chi connectivity index (χ1n) is 5.58. The highest BCUT2D eigenvalue weighted by molar-refractivity contribution is 5.45. The number of fused-ring (bicyclic) bond motifs is 2. The lowest BCUT2D eigenvalue weighted by atomic mass is 9.75. The van der Waals surface area contributed by atoms with Gasteiger partial charge < -0.3 is 9.64 Å². The molecule has 0 aromatic heterocycles. The van der Waals surface area contributed by atoms with Crippen LogP contribution in [-0.4, -0.2) is 18.5 Å². The van der Waals surface area contributed by atoms with Crippen LogP contribution in [0.3, 0.4) is 0 Å². The fourth-order valence-corrected chi connectivity index (χ4v) is 2.70. The zero-order valence-corrected chi connectivity index (χ0v) is 9.39. The molecule has 0 radical (unpaired) electrons. The van der Waals surface area contributed by atoms with Gasteiger partial charge in [0.1, 0.15) is 0 Å². The molecule has 0 bridgehead atoms. The Morgan fingerprint density at radius 1 is 1.19 bits per heavy atom. The SMILES string of the molecule is CN1Cc2ccccc2C2(C=COC=C2)C1. The Bertz CT molecular complexity index is 450. The molecule has 0 fully saturated rings. The van der Waals surface area contributed by atoms with Gasteiger partial charge in [-0.25, -0.2) is 0 Å². The molecule has 2 aliphatic heterocycles. The molecule has 1 aromatic carbocycles. The van der Waals surface area contributed by atoms with Crippen LogP contribution in [0.15, 0.2) is 48.9 Å². The van der Waals surface area contributed by atoms with Gasteiger partial charge in [0, 0.05) is 13.1 Å². The van der Waals surface area contributed by atoms with E-state index in [1.54, 1.807) is 12.5 Å². The third kappa shape index (κ3) is 1.38. The van der Waals surface area contributed by atoms with Crippen molar-refractivity contribution in [3.05, 3.63) is 60.1 Å². The summed E-state index contributed by atoms with van der Waals surface area (Å²) in [6, 6.07) is 8.66. The van der Waals surface area contributed by atoms with Gasteiger partial charge in [0.05, 0.1) is 17.9 Å². The molecule has 0 amide bonds. The van der Waals surface area contributed by atoms with Gasteiger partial charge in [0.15, 0.2) is 0 Å². The molecular weight excluding hydrogens is 198 g/mol. The van der Waals surface area contributed by atoms with Crippen molar-refractivity contribution in [3.8, 4) is 0 Å². The van der Waals surface area contributed by atoms with Crippen molar-refractivity contribution in [2.75, 3.05) is 13.6 Å². The fraction of sp³-hybridized carbons (Fsp3) is 0.286. The van der Waals surface area contributed by atoms with E-state index in [0.717, 1.165) is 13.1 Å². The molecule has 1 aromatic rings. The van der Waals surface area contributed by atoms with Crippen molar-refractivity contribution in [1.29, 1.82) is 0 Å². The van der Waals surface area contributed by atoms with E-state index in [1.807, 2.05) is 0 Å². The van der Waals surface area contributed by atoms with E-state index in [4.69, 9.17) is 4.74 Å². The van der Waals surface area contributed by atoms with Crippen LogP contribution in [0.5, 0.6) is 0 Å². The summed E-state index contributed by atoms with van der Waals surface area (Å²) in [7, 11) is 2.16. The smallest absolute Gasteiger partial charge is 0.0873 e. The third-order valence-electron chi connectivity index (χ3n) is 3.38. The van der Waals surface area contributed by atoms with Crippen LogP contribution >= 0.6 is 0 Å². The molecule has 82 valence electrons. The quantitative estimate of drug-likeness (QED) is 0.656. The van der Waals surface area contributed by atoms with E-state index in [1.165, 1.54) is 11.1 Å². The predicted octanol–water partition coefficient (Wildman–Crippen LogP) is 2.43. The summed E-state index contributed by atoms with van der Waals surface area (Å²) < 4.78 is 5.17. The van der Waals surface area contributed by atoms with Gasteiger partial charge in [-0.1, -0.05) is 24.3 Å². The van der Waals surface area contributed by atoms with Gasteiger partial charge in [-0.2, -0.15) is 0 Å². The van der Waals surface area contributed by atoms with Crippen molar-refractivity contribution < 1.29 is 4.74 Å². The number of ether oxygens (including phenoxy) is 1. The molecular formula is C14H15NO. The lowest BCUT2D eigenvalue weighted by Gasteiger charge is -2.40. The second-order valence-corrected chi connectivity index (χ2v) is 4.61. The van der Waals surface area contributed by atoms with Gasteiger partial charge in [0.25, 0.3) is 0 Å². The Hall–Kier alpha value is -1.54. The molecule has 0 saturated carbocycles. The summed E-state index contributed by atoms with van der Waals surface area (Å²) in [5.41, 5.74) is 2.82. The highest BCUT2D eigenvalue weighted by Gasteiger charge is 2.35. The molecule has 0 saturated heterocycles. The second-order valence-electron chi connectivity index (χ2n) is 4.61. The first-order valence-corrected chi connectivity index (χ1v) is 5.58. The molecule has 16 heavy (non-hydrogen) atoms. The molecule has 2 nitrogen and oxygen atoms in total. The summed E-state index contributed by atoms with van der Waals surface area (Å²) in [6.07, 6.45) is 7.88.